The number of hydrogen-bond acceptors (Lipinski definition) is 12. The highest BCUT2D eigenvalue weighted by atomic mass is 16.5. The fourth-order valence-corrected chi connectivity index (χ4v) is 4.08. The Balaban J connectivity index is 2.18. The van der Waals surface area contributed by atoms with Crippen LogP contribution in [0.4, 0.5) is 0 Å². The molecular weight excluding hydrogens is 612 g/mol. The van der Waals surface area contributed by atoms with Gasteiger partial charge < -0.3 is 40.3 Å². The van der Waals surface area contributed by atoms with Gasteiger partial charge in [0.15, 0.2) is 6.10 Å². The molecule has 5 atom stereocenters. The van der Waals surface area contributed by atoms with Crippen LogP contribution in [0, 0.1) is 5.92 Å². The van der Waals surface area contributed by atoms with Crippen molar-refractivity contribution in [3.8, 4) is 0 Å². The smallest absolute Gasteiger partial charge is 0.374 e. The average molecular weight is 647 g/mol. The molecule has 0 aliphatic rings. The lowest BCUT2D eigenvalue weighted by atomic mass is 9.92. The van der Waals surface area contributed by atoms with E-state index in [9.17, 15) is 54.0 Å². The number of benzene rings is 2. The number of ether oxygens (including phenoxy) is 2. The number of aliphatic carboxylic acids is 3. The van der Waals surface area contributed by atoms with Crippen molar-refractivity contribution < 1.29 is 68.6 Å². The van der Waals surface area contributed by atoms with Gasteiger partial charge in [-0.15, -0.1) is 0 Å². The quantitative estimate of drug-likeness (QED) is 0.0548. The predicted molar refractivity (Wildman–Crippen MR) is 153 cm³/mol. The molecule has 248 valence electrons. The fourth-order valence-electron chi connectivity index (χ4n) is 4.08. The molecule has 0 heterocycles. The van der Waals surface area contributed by atoms with Crippen LogP contribution >= 0.6 is 0 Å². The minimum Gasteiger partial charge on any atom is -0.481 e. The molecule has 0 fully saturated rings. The van der Waals surface area contributed by atoms with E-state index in [0.717, 1.165) is 0 Å². The van der Waals surface area contributed by atoms with Gasteiger partial charge >= 0.3 is 29.8 Å². The number of carboxylic acids is 3. The minimum atomic E-state index is -2.13. The molecule has 0 spiro atoms. The van der Waals surface area contributed by atoms with Crippen LogP contribution in [-0.2, 0) is 56.2 Å². The zero-order chi connectivity index (χ0) is 34.2. The van der Waals surface area contributed by atoms with Crippen LogP contribution in [0.25, 0.3) is 0 Å². The van der Waals surface area contributed by atoms with Gasteiger partial charge in [-0.05, 0) is 11.1 Å². The minimum absolute atomic E-state index is 0.265. The number of aliphatic hydroxyl groups excluding tert-OH is 2. The number of rotatable bonds is 20. The molecule has 2 aromatic rings. The Morgan fingerprint density at radius 3 is 1.70 bits per heavy atom. The lowest BCUT2D eigenvalue weighted by molar-refractivity contribution is -0.161. The van der Waals surface area contributed by atoms with Gasteiger partial charge in [-0.1, -0.05) is 60.7 Å². The summed E-state index contributed by atoms with van der Waals surface area (Å²) in [4.78, 5) is 84.5. The van der Waals surface area contributed by atoms with Gasteiger partial charge in [0.25, 0.3) is 0 Å². The first-order valence-electron chi connectivity index (χ1n) is 13.8. The van der Waals surface area contributed by atoms with Crippen LogP contribution in [0.2, 0.25) is 0 Å². The van der Waals surface area contributed by atoms with Gasteiger partial charge in [-0.2, -0.15) is 0 Å². The zero-order valence-electron chi connectivity index (χ0n) is 24.3. The van der Waals surface area contributed by atoms with Crippen molar-refractivity contribution in [2.45, 2.75) is 63.3 Å². The Kier molecular flexibility index (Phi) is 14.9. The number of esters is 2. The van der Waals surface area contributed by atoms with Crippen molar-refractivity contribution in [3.63, 3.8) is 0 Å². The number of aliphatic hydroxyl groups is 2. The Morgan fingerprint density at radius 1 is 0.674 bits per heavy atom. The number of amides is 1. The van der Waals surface area contributed by atoms with E-state index in [-0.39, 0.29) is 13.2 Å². The summed E-state index contributed by atoms with van der Waals surface area (Å²) in [5.41, 5.74) is 1.12. The Labute approximate surface area is 261 Å². The van der Waals surface area contributed by atoms with E-state index in [4.69, 9.17) is 14.6 Å². The second-order valence-corrected chi connectivity index (χ2v) is 10.1. The number of carbonyl (C=O) groups is 7. The summed E-state index contributed by atoms with van der Waals surface area (Å²) in [6.45, 7) is -0.540. The topological polar surface area (TPSA) is 263 Å². The largest absolute Gasteiger partial charge is 0.481 e. The van der Waals surface area contributed by atoms with Gasteiger partial charge in [0.1, 0.15) is 25.5 Å². The Morgan fingerprint density at radius 2 is 1.20 bits per heavy atom. The molecule has 0 aromatic heterocycles. The van der Waals surface area contributed by atoms with Gasteiger partial charge in [-0.25, -0.2) is 9.59 Å². The SMILES string of the molecule is O=C(O)CC(NC(=O)CC(CC(=O)C(=O)OCc1ccccc1)C(O)C(=O)OCc1ccccc1)C(O)N[C@@H](CC(=O)O)C(=O)O. The molecule has 16 heteroatoms. The third-order valence-corrected chi connectivity index (χ3v) is 6.42. The third-order valence-electron chi connectivity index (χ3n) is 6.42. The van der Waals surface area contributed by atoms with E-state index in [1.165, 1.54) is 0 Å². The van der Waals surface area contributed by atoms with E-state index in [1.807, 2.05) is 5.32 Å². The lowest BCUT2D eigenvalue weighted by Crippen LogP contribution is -2.56. The van der Waals surface area contributed by atoms with E-state index in [0.29, 0.717) is 11.1 Å². The van der Waals surface area contributed by atoms with Gasteiger partial charge in [0.2, 0.25) is 11.7 Å². The standard InChI is InChI=1S/C30H34N2O14/c33-22(29(43)45-15-17-7-3-1-4-8-17)11-19(26(39)30(44)46-16-18-9-5-2-6-10-18)12-23(34)31-20(13-24(35)36)27(40)32-21(28(41)42)14-25(37)38/h1-10,19-21,26-27,32,39-40H,11-16H2,(H,31,34)(H,35,36)(H,37,38)(H,41,42)/t19?,20?,21-,26?,27?/m0/s1. The number of nitrogens with one attached hydrogen (secondary N) is 2. The fraction of sp³-hybridized carbons (Fsp3) is 0.367. The molecule has 16 nitrogen and oxygen atoms in total. The molecule has 0 aliphatic heterocycles. The lowest BCUT2D eigenvalue weighted by Gasteiger charge is -2.27. The van der Waals surface area contributed by atoms with E-state index in [1.54, 1.807) is 60.7 Å². The molecule has 0 bridgehead atoms. The van der Waals surface area contributed by atoms with Gasteiger partial charge in [-0.3, -0.25) is 29.3 Å². The molecule has 2 aromatic carbocycles. The number of carboxylic acid groups (broad SMARTS) is 3. The van der Waals surface area contributed by atoms with Crippen molar-refractivity contribution in [1.82, 2.24) is 10.6 Å². The highest BCUT2D eigenvalue weighted by Gasteiger charge is 2.35. The second-order valence-electron chi connectivity index (χ2n) is 10.1. The summed E-state index contributed by atoms with van der Waals surface area (Å²) in [7, 11) is 0. The third kappa shape index (κ3) is 13.2. The average Bonchev–Trinajstić information content (AvgIpc) is 3.01. The van der Waals surface area contributed by atoms with Gasteiger partial charge in [0.05, 0.1) is 18.9 Å². The number of Topliss-reactive ketones (excluding diaryl/α,β-unsaturated/α-hetero) is 1. The summed E-state index contributed by atoms with van der Waals surface area (Å²) in [6.07, 6.45) is -7.95. The summed E-state index contributed by atoms with van der Waals surface area (Å²) in [5.74, 6) is -11.3. The second kappa shape index (κ2) is 18.6. The Hall–Kier alpha value is -5.19. The van der Waals surface area contributed by atoms with Crippen molar-refractivity contribution >= 4 is 41.5 Å². The number of hydrogen-bond donors (Lipinski definition) is 7. The van der Waals surface area contributed by atoms with E-state index in [2.05, 4.69) is 5.32 Å². The maximum absolute atomic E-state index is 13.0. The molecule has 2 rings (SSSR count). The molecule has 0 radical (unpaired) electrons. The highest BCUT2D eigenvalue weighted by Crippen LogP contribution is 2.19. The van der Waals surface area contributed by atoms with Crippen LogP contribution in [0.15, 0.2) is 60.7 Å². The normalized spacial score (nSPS) is 14.0. The maximum Gasteiger partial charge on any atom is 0.374 e. The summed E-state index contributed by atoms with van der Waals surface area (Å²) < 4.78 is 10.1. The molecule has 0 saturated carbocycles. The van der Waals surface area contributed by atoms with Crippen molar-refractivity contribution in [3.05, 3.63) is 71.8 Å². The van der Waals surface area contributed by atoms with Crippen LogP contribution in [0.3, 0.4) is 0 Å². The summed E-state index contributed by atoms with van der Waals surface area (Å²) in [5, 5.41) is 52.7. The Bertz CT molecular complexity index is 1370. The first-order chi connectivity index (χ1) is 21.8. The summed E-state index contributed by atoms with van der Waals surface area (Å²) >= 11 is 0. The molecule has 1 amide bonds. The van der Waals surface area contributed by atoms with Crippen LogP contribution in [0.5, 0.6) is 0 Å². The monoisotopic (exact) mass is 646 g/mol. The van der Waals surface area contributed by atoms with Gasteiger partial charge in [0, 0.05) is 18.8 Å². The van der Waals surface area contributed by atoms with Crippen molar-refractivity contribution in [1.29, 1.82) is 0 Å². The number of ketones is 1. The zero-order valence-corrected chi connectivity index (χ0v) is 24.3. The molecule has 4 unspecified atom stereocenters. The first kappa shape index (κ1) is 37.0. The first-order valence-corrected chi connectivity index (χ1v) is 13.8. The van der Waals surface area contributed by atoms with Crippen LogP contribution < -0.4 is 10.6 Å². The molecule has 0 aliphatic carbocycles. The van der Waals surface area contributed by atoms with Crippen LogP contribution in [-0.4, -0.2) is 91.5 Å². The molecule has 46 heavy (non-hydrogen) atoms. The molecule has 0 saturated heterocycles. The summed E-state index contributed by atoms with van der Waals surface area (Å²) in [6, 6.07) is 13.1. The van der Waals surface area contributed by atoms with E-state index < -0.39 is 97.6 Å². The van der Waals surface area contributed by atoms with Crippen molar-refractivity contribution in [2.24, 2.45) is 5.92 Å². The highest BCUT2D eigenvalue weighted by molar-refractivity contribution is 6.33. The maximum atomic E-state index is 13.0. The van der Waals surface area contributed by atoms with E-state index >= 15 is 0 Å². The van der Waals surface area contributed by atoms with Crippen LogP contribution in [0.1, 0.15) is 36.8 Å². The molecular formula is C30H34N2O14. The molecule has 7 N–H and O–H groups in total. The van der Waals surface area contributed by atoms with Crippen molar-refractivity contribution in [2.75, 3.05) is 0 Å². The number of carbonyl (C=O) groups excluding carboxylic acids is 4. The predicted octanol–water partition coefficient (Wildman–Crippen LogP) is -0.405.